The predicted molar refractivity (Wildman–Crippen MR) is 271 cm³/mol. The van der Waals surface area contributed by atoms with E-state index in [1.807, 2.05) is 29.2 Å². The first-order valence-electron chi connectivity index (χ1n) is 23.7. The Labute approximate surface area is 405 Å². The molecule has 0 spiro atoms. The van der Waals surface area contributed by atoms with Crippen LogP contribution in [0.3, 0.4) is 0 Å². The number of amides is 2. The molecule has 3 aliphatic rings. The number of rotatable bonds is 18. The van der Waals surface area contributed by atoms with Crippen molar-refractivity contribution in [3.05, 3.63) is 87.7 Å². The second-order valence-corrected chi connectivity index (χ2v) is 22.4. The van der Waals surface area contributed by atoms with Gasteiger partial charge in [-0.1, -0.05) is 19.9 Å². The minimum Gasteiger partial charge on any atom is -0.494 e. The second-order valence-electron chi connectivity index (χ2n) is 18.4. The number of benzene rings is 3. The number of pyridine rings is 1. The Hall–Kier alpha value is -5.22. The number of fused-ring (bicyclic) bond motifs is 1. The number of aromatic nitrogens is 3. The van der Waals surface area contributed by atoms with Crippen LogP contribution in [0.5, 0.6) is 5.75 Å². The zero-order valence-electron chi connectivity index (χ0n) is 39.5. The molecule has 362 valence electrons. The molecular formula is C50H62BrF2N10O4P. The van der Waals surface area contributed by atoms with Crippen LogP contribution in [0.2, 0.25) is 0 Å². The van der Waals surface area contributed by atoms with E-state index in [1.54, 1.807) is 26.6 Å². The summed E-state index contributed by atoms with van der Waals surface area (Å²) < 4.78 is 50.6. The molecule has 5 heterocycles. The van der Waals surface area contributed by atoms with Crippen molar-refractivity contribution < 1.29 is 27.7 Å². The number of aryl methyl sites for hydroxylation is 2. The van der Waals surface area contributed by atoms with Crippen molar-refractivity contribution in [3.8, 4) is 5.75 Å². The highest BCUT2D eigenvalue weighted by Crippen LogP contribution is 2.43. The average Bonchev–Trinajstić information content (AvgIpc) is 3.80. The van der Waals surface area contributed by atoms with Gasteiger partial charge in [-0.2, -0.15) is 4.98 Å². The van der Waals surface area contributed by atoms with Crippen LogP contribution in [0, 0.1) is 17.6 Å². The Morgan fingerprint density at radius 3 is 2.35 bits per heavy atom. The Bertz CT molecular complexity index is 2690. The van der Waals surface area contributed by atoms with Crippen LogP contribution >= 0.6 is 23.1 Å². The van der Waals surface area contributed by atoms with Gasteiger partial charge in [0.2, 0.25) is 17.8 Å². The van der Waals surface area contributed by atoms with Crippen LogP contribution in [-0.2, 0) is 27.0 Å². The number of carbonyl (C=O) groups excluding carboxylic acids is 2. The van der Waals surface area contributed by atoms with Crippen LogP contribution in [0.1, 0.15) is 75.1 Å². The maximum atomic E-state index is 15.2. The third kappa shape index (κ3) is 11.3. The Morgan fingerprint density at radius 2 is 1.65 bits per heavy atom. The van der Waals surface area contributed by atoms with Crippen molar-refractivity contribution in [3.63, 3.8) is 0 Å². The molecule has 18 heteroatoms. The summed E-state index contributed by atoms with van der Waals surface area (Å²) in [6, 6.07) is 15.2. The number of carbonyl (C=O) groups is 2. The molecule has 5 N–H and O–H groups in total. The Kier molecular flexibility index (Phi) is 15.6. The maximum Gasteiger partial charge on any atom is 0.234 e. The minimum absolute atomic E-state index is 0.0638. The summed E-state index contributed by atoms with van der Waals surface area (Å²) in [5.74, 6) is -1.55. The van der Waals surface area contributed by atoms with Gasteiger partial charge in [-0.25, -0.2) is 13.8 Å². The molecule has 2 aromatic heterocycles. The highest BCUT2D eigenvalue weighted by molar-refractivity contribution is 9.10. The molecule has 1 unspecified atom stereocenters. The fraction of sp³-hybridized carbons (Fsp3) is 0.460. The van der Waals surface area contributed by atoms with E-state index in [2.05, 4.69) is 78.4 Å². The van der Waals surface area contributed by atoms with Crippen molar-refractivity contribution >= 4 is 85.6 Å². The van der Waals surface area contributed by atoms with E-state index in [9.17, 15) is 14.2 Å². The zero-order chi connectivity index (χ0) is 48.1. The lowest BCUT2D eigenvalue weighted by Crippen LogP contribution is -2.44. The normalized spacial score (nSPS) is 18.1. The van der Waals surface area contributed by atoms with E-state index < -0.39 is 36.5 Å². The maximum absolute atomic E-state index is 15.2. The standard InChI is InChI=1S/C50H62BrF2N10O4P/c1-6-31-24-42(59-50-56-28-37(51)48(61-50)58-41-12-11-40-35(47(41)68(4,5)66)9-8-32(7-2)57-40)44(67-3)27-43(31)62-22-16-33(17-23-62)55-20-19-54-18-14-30-15-21-63(29-30)34-25-38(52)46(39(53)26-34)36-10-13-45(64)60-49(36)65/h8-9,11-12,24-28,30,33,36,54-55H,6-7,10,13-23,29H2,1-5H3,(H,60,64,65)(H2,56,58,59,61)/t30-,36?/m0/s1. The largest absolute Gasteiger partial charge is 0.494 e. The van der Waals surface area contributed by atoms with Crippen LogP contribution in [0.4, 0.5) is 43.3 Å². The number of methoxy groups -OCH3 is 1. The van der Waals surface area contributed by atoms with Crippen molar-refractivity contribution in [1.82, 2.24) is 30.9 Å². The molecule has 3 aliphatic heterocycles. The van der Waals surface area contributed by atoms with E-state index in [0.29, 0.717) is 51.9 Å². The summed E-state index contributed by atoms with van der Waals surface area (Å²) in [5, 5.41) is 17.9. The van der Waals surface area contributed by atoms with Crippen molar-refractivity contribution in [1.29, 1.82) is 0 Å². The average molecular weight is 1020 g/mol. The number of ether oxygens (including phenoxy) is 1. The second kappa shape index (κ2) is 21.6. The van der Waals surface area contributed by atoms with Gasteiger partial charge >= 0.3 is 0 Å². The summed E-state index contributed by atoms with van der Waals surface area (Å²) in [7, 11) is -1.07. The summed E-state index contributed by atoms with van der Waals surface area (Å²) in [4.78, 5) is 42.4. The molecule has 2 amide bonds. The van der Waals surface area contributed by atoms with E-state index in [0.717, 1.165) is 111 Å². The van der Waals surface area contributed by atoms with Gasteiger partial charge < -0.3 is 40.4 Å². The predicted octanol–water partition coefficient (Wildman–Crippen LogP) is 8.52. The van der Waals surface area contributed by atoms with Gasteiger partial charge in [0.05, 0.1) is 34.4 Å². The molecule has 0 saturated carbocycles. The molecule has 3 saturated heterocycles. The minimum atomic E-state index is -2.74. The molecule has 0 bridgehead atoms. The van der Waals surface area contributed by atoms with E-state index in [4.69, 9.17) is 14.7 Å². The van der Waals surface area contributed by atoms with Crippen LogP contribution in [0.25, 0.3) is 10.9 Å². The van der Waals surface area contributed by atoms with Crippen molar-refractivity contribution in [2.75, 3.05) is 86.7 Å². The van der Waals surface area contributed by atoms with Crippen LogP contribution in [0.15, 0.2) is 59.2 Å². The van der Waals surface area contributed by atoms with Gasteiger partial charge in [-0.15, -0.1) is 0 Å². The topological polar surface area (TPSA) is 166 Å². The summed E-state index contributed by atoms with van der Waals surface area (Å²) in [6.45, 7) is 13.6. The summed E-state index contributed by atoms with van der Waals surface area (Å²) >= 11 is 3.62. The molecule has 3 fully saturated rings. The number of imide groups is 1. The monoisotopic (exact) mass is 1010 g/mol. The van der Waals surface area contributed by atoms with E-state index in [-0.39, 0.29) is 18.4 Å². The molecule has 3 aromatic carbocycles. The van der Waals surface area contributed by atoms with E-state index >= 15 is 8.78 Å². The lowest BCUT2D eigenvalue weighted by Gasteiger charge is -2.35. The van der Waals surface area contributed by atoms with Crippen LogP contribution < -0.4 is 46.4 Å². The number of piperidine rings is 2. The van der Waals surface area contributed by atoms with Gasteiger partial charge in [0.1, 0.15) is 30.3 Å². The van der Waals surface area contributed by atoms with Crippen molar-refractivity contribution in [2.45, 2.75) is 77.2 Å². The highest BCUT2D eigenvalue weighted by Gasteiger charge is 2.34. The number of anilines is 6. The van der Waals surface area contributed by atoms with Gasteiger partial charge in [0.15, 0.2) is 0 Å². The molecule has 14 nitrogen and oxygen atoms in total. The number of nitrogens with one attached hydrogen (secondary N) is 5. The van der Waals surface area contributed by atoms with Gasteiger partial charge in [-0.05, 0) is 129 Å². The first-order chi connectivity index (χ1) is 32.7. The number of hydrogen-bond acceptors (Lipinski definition) is 13. The number of hydrogen-bond donors (Lipinski definition) is 5. The number of halogens is 3. The SMILES string of the molecule is CCc1ccc2c(P(C)(C)=O)c(Nc3nc(Nc4cc(CC)c(N5CCC(NCCNCC[C@H]6CCN(c7cc(F)c(C8CCC(=O)NC8=O)c(F)c7)C6)CC5)cc4OC)ncc3Br)ccc2n1. The smallest absolute Gasteiger partial charge is 0.234 e. The lowest BCUT2D eigenvalue weighted by molar-refractivity contribution is -0.134. The molecule has 2 atom stereocenters. The first kappa shape index (κ1) is 49.2. The summed E-state index contributed by atoms with van der Waals surface area (Å²) in [5.41, 5.74) is 5.83. The lowest BCUT2D eigenvalue weighted by atomic mass is 9.89. The zero-order valence-corrected chi connectivity index (χ0v) is 42.0. The summed E-state index contributed by atoms with van der Waals surface area (Å²) in [6.07, 6.45) is 7.44. The van der Waals surface area contributed by atoms with Crippen molar-refractivity contribution in [2.24, 2.45) is 5.92 Å². The highest BCUT2D eigenvalue weighted by atomic mass is 79.9. The fourth-order valence-electron chi connectivity index (χ4n) is 9.81. The molecule has 5 aromatic rings. The van der Waals surface area contributed by atoms with Gasteiger partial charge in [0, 0.05) is 97.3 Å². The molecule has 0 radical (unpaired) electrons. The number of nitrogens with zero attached hydrogens (tertiary/aromatic N) is 5. The third-order valence-electron chi connectivity index (χ3n) is 13.4. The Morgan fingerprint density at radius 1 is 0.882 bits per heavy atom. The molecular weight excluding hydrogens is 953 g/mol. The first-order valence-corrected chi connectivity index (χ1v) is 27.1. The third-order valence-corrected chi connectivity index (χ3v) is 15.6. The van der Waals surface area contributed by atoms with Gasteiger partial charge in [-0.3, -0.25) is 19.9 Å². The fourth-order valence-corrected chi connectivity index (χ4v) is 11.6. The molecule has 68 heavy (non-hydrogen) atoms. The van der Waals surface area contributed by atoms with E-state index in [1.165, 1.54) is 17.7 Å². The molecule has 8 rings (SSSR count). The molecule has 0 aliphatic carbocycles. The van der Waals surface area contributed by atoms with Gasteiger partial charge in [0.25, 0.3) is 0 Å². The quantitative estimate of drug-likeness (QED) is 0.0323. The van der Waals surface area contributed by atoms with Crippen LogP contribution in [-0.4, -0.2) is 99.1 Å². The Balaban J connectivity index is 0.803.